The molecule has 61 valence electrons. The molecular formula is C4H6Au2N2Y-4. The van der Waals surface area contributed by atoms with Crippen molar-refractivity contribution in [1.82, 2.24) is 0 Å². The van der Waals surface area contributed by atoms with Crippen molar-refractivity contribution in [2.24, 2.45) is 0 Å². The molecule has 0 aliphatic heterocycles. The van der Waals surface area contributed by atoms with Crippen molar-refractivity contribution in [2.45, 2.75) is 0 Å². The molecule has 0 unspecified atom stereocenters. The van der Waals surface area contributed by atoms with Gasteiger partial charge in [-0.3, -0.25) is 0 Å². The zero-order valence-corrected chi connectivity index (χ0v) is 12.2. The van der Waals surface area contributed by atoms with Crippen LogP contribution in [0.25, 0.3) is 0 Å². The van der Waals surface area contributed by atoms with E-state index in [0.29, 0.717) is 0 Å². The average Bonchev–Trinajstić information content (AvgIpc) is 1.50. The van der Waals surface area contributed by atoms with Gasteiger partial charge in [0.25, 0.3) is 0 Å². The second-order valence-corrected chi connectivity index (χ2v) is 0. The predicted molar refractivity (Wildman–Crippen MR) is 22.8 cm³/mol. The van der Waals surface area contributed by atoms with Crippen molar-refractivity contribution in [2.75, 3.05) is 0 Å². The first kappa shape index (κ1) is 76.1. The second kappa shape index (κ2) is 287. The van der Waals surface area contributed by atoms with Crippen molar-refractivity contribution in [3.8, 4) is 0 Å². The molecule has 9 heavy (non-hydrogen) atoms. The molecular weight excluding hydrogens is 559 g/mol. The van der Waals surface area contributed by atoms with Gasteiger partial charge in [-0.1, -0.05) is 0 Å². The molecule has 0 aromatic rings. The van der Waals surface area contributed by atoms with Gasteiger partial charge in [0.2, 0.25) is 0 Å². The first-order valence-electron chi connectivity index (χ1n) is 0.447. The Morgan fingerprint density at radius 1 is 0.667 bits per heavy atom. The summed E-state index contributed by atoms with van der Waals surface area (Å²) in [5.41, 5.74) is 0. The molecule has 5 heteroatoms. The summed E-state index contributed by atoms with van der Waals surface area (Å²) in [6, 6.07) is 0. The van der Waals surface area contributed by atoms with Crippen LogP contribution in [0.2, 0.25) is 0 Å². The average molecular weight is 565 g/mol. The molecule has 0 bridgehead atoms. The number of hydrogen-bond acceptors (Lipinski definition) is 2. The van der Waals surface area contributed by atoms with Crippen molar-refractivity contribution < 1.29 is 77.5 Å². The van der Waals surface area contributed by atoms with E-state index in [1.165, 1.54) is 0 Å². The molecule has 0 saturated heterocycles. The Hall–Kier alpha value is 1.56. The van der Waals surface area contributed by atoms with Gasteiger partial charge >= 0.3 is 0 Å². The summed E-state index contributed by atoms with van der Waals surface area (Å²) in [7, 11) is 0. The van der Waals surface area contributed by atoms with E-state index >= 15 is 0 Å². The molecule has 0 N–H and O–H groups in total. The molecule has 0 aliphatic rings. The molecule has 0 spiro atoms. The van der Waals surface area contributed by atoms with Gasteiger partial charge in [-0.15, -0.1) is 0 Å². The van der Waals surface area contributed by atoms with Gasteiger partial charge in [0.15, 0.2) is 0 Å². The Balaban J connectivity index is -0.00000000114. The molecule has 0 rings (SSSR count). The van der Waals surface area contributed by atoms with Crippen molar-refractivity contribution in [1.29, 1.82) is 10.5 Å². The second-order valence-electron chi connectivity index (χ2n) is 0. The van der Waals surface area contributed by atoms with Crippen molar-refractivity contribution in [3.63, 3.8) is 0 Å². The molecule has 0 amide bonds. The summed E-state index contributed by atoms with van der Waals surface area (Å²) >= 11 is 0. The molecule has 2 nitrogen and oxygen atoms in total. The minimum Gasteiger partial charge on any atom is -0.512 e. The summed E-state index contributed by atoms with van der Waals surface area (Å²) in [6.45, 7) is 9.50. The van der Waals surface area contributed by atoms with E-state index in [1.54, 1.807) is 0 Å². The molecule has 0 heterocycles. The summed E-state index contributed by atoms with van der Waals surface area (Å²) in [4.78, 5) is 0. The first-order valence-corrected chi connectivity index (χ1v) is 0.447. The van der Waals surface area contributed by atoms with Crippen molar-refractivity contribution >= 4 is 0 Å². The van der Waals surface area contributed by atoms with E-state index in [4.69, 9.17) is 23.7 Å². The molecule has 0 fully saturated rings. The van der Waals surface area contributed by atoms with E-state index < -0.39 is 0 Å². The quantitative estimate of drug-likeness (QED) is 0.327. The van der Waals surface area contributed by atoms with Crippen LogP contribution in [0.5, 0.6) is 0 Å². The molecule has 0 saturated carbocycles. The monoisotopic (exact) mass is 565 g/mol. The van der Waals surface area contributed by atoms with E-state index in [1.807, 2.05) is 0 Å². The van der Waals surface area contributed by atoms with E-state index in [2.05, 4.69) is 0 Å². The SMILES string of the molecule is [Au].[Au].[C-]#N.[C-]#N.[CH3-].[CH3-].[Y]. The zero-order chi connectivity index (χ0) is 4.00. The molecule has 0 atom stereocenters. The van der Waals surface area contributed by atoms with Crippen LogP contribution in [0.1, 0.15) is 0 Å². The Bertz CT molecular complexity index is 32.0. The van der Waals surface area contributed by atoms with Gasteiger partial charge in [-0.05, 0) is 0 Å². The predicted octanol–water partition coefficient (Wildman–Crippen LogP) is 1.09. The minimum atomic E-state index is 0. The van der Waals surface area contributed by atoms with Crippen molar-refractivity contribution in [3.05, 3.63) is 28.0 Å². The molecule has 0 aliphatic carbocycles. The third kappa shape index (κ3) is 224. The maximum absolute atomic E-state index is 6.25. The smallest absolute Gasteiger partial charge is 0 e. The van der Waals surface area contributed by atoms with E-state index in [-0.39, 0.29) is 92.3 Å². The van der Waals surface area contributed by atoms with Gasteiger partial charge in [-0.2, -0.15) is 0 Å². The largest absolute Gasteiger partial charge is 0.512 e. The summed E-state index contributed by atoms with van der Waals surface area (Å²) in [6.07, 6.45) is 0. The summed E-state index contributed by atoms with van der Waals surface area (Å²) in [5, 5.41) is 12.5. The fourth-order valence-corrected chi connectivity index (χ4v) is 0. The Morgan fingerprint density at radius 2 is 0.667 bits per heavy atom. The zero-order valence-electron chi connectivity index (χ0n) is 5.07. The Kier molecular flexibility index (Phi) is 2420. The molecule has 0 aromatic carbocycles. The van der Waals surface area contributed by atoms with Crippen LogP contribution >= 0.6 is 0 Å². The topological polar surface area (TPSA) is 47.6 Å². The number of nitrogens with zero attached hydrogens (tertiary/aromatic N) is 2. The molecule has 0 aromatic heterocycles. The van der Waals surface area contributed by atoms with Gasteiger partial charge in [0.05, 0.1) is 0 Å². The van der Waals surface area contributed by atoms with Gasteiger partial charge < -0.3 is 38.5 Å². The Morgan fingerprint density at radius 3 is 0.667 bits per heavy atom. The summed E-state index contributed by atoms with van der Waals surface area (Å²) in [5.74, 6) is 0. The van der Waals surface area contributed by atoms with Crippen LogP contribution in [-0.4, -0.2) is 0 Å². The van der Waals surface area contributed by atoms with Crippen LogP contribution in [0.4, 0.5) is 0 Å². The first-order chi connectivity index (χ1) is 2.00. The maximum Gasteiger partial charge on any atom is 0 e. The van der Waals surface area contributed by atoms with E-state index in [9.17, 15) is 0 Å². The van der Waals surface area contributed by atoms with Gasteiger partial charge in [0, 0.05) is 77.5 Å². The fraction of sp³-hybridized carbons (Fsp3) is 0. The minimum absolute atomic E-state index is 0. The summed E-state index contributed by atoms with van der Waals surface area (Å²) < 4.78 is 0. The third-order valence-electron chi connectivity index (χ3n) is 0. The normalized spacial score (nSPS) is 0.444. The van der Waals surface area contributed by atoms with Crippen LogP contribution in [0, 0.1) is 38.5 Å². The van der Waals surface area contributed by atoms with Crippen LogP contribution in [0.3, 0.4) is 0 Å². The Labute approximate surface area is 114 Å². The van der Waals surface area contributed by atoms with Gasteiger partial charge in [0.1, 0.15) is 0 Å². The maximum atomic E-state index is 6.25. The standard InChI is InChI=1S/2CN.2CH3.2Au.Y/c2*1-2;;;;;/h;;2*1H3;;;/q4*-1;;;. The van der Waals surface area contributed by atoms with Crippen LogP contribution in [-0.2, 0) is 77.5 Å². The van der Waals surface area contributed by atoms with Gasteiger partial charge in [-0.25, -0.2) is 0 Å². The number of rotatable bonds is 0. The van der Waals surface area contributed by atoms with E-state index in [0.717, 1.165) is 0 Å². The van der Waals surface area contributed by atoms with Crippen LogP contribution < -0.4 is 0 Å². The number of hydrogen-bond donors (Lipinski definition) is 0. The third-order valence-corrected chi connectivity index (χ3v) is 0. The fourth-order valence-electron chi connectivity index (χ4n) is 0. The molecule has 3 radical (unpaired) electrons. The van der Waals surface area contributed by atoms with Crippen LogP contribution in [0.15, 0.2) is 0 Å².